The minimum Gasteiger partial charge on any atom is -0.478 e. The lowest BCUT2D eigenvalue weighted by atomic mass is 10.1. The van der Waals surface area contributed by atoms with Crippen molar-refractivity contribution in [3.63, 3.8) is 0 Å². The molecule has 4 nitrogen and oxygen atoms in total. The van der Waals surface area contributed by atoms with E-state index in [2.05, 4.69) is 0 Å². The van der Waals surface area contributed by atoms with Crippen molar-refractivity contribution in [3.8, 4) is 11.3 Å². The summed E-state index contributed by atoms with van der Waals surface area (Å²) in [4.78, 5) is 22.7. The van der Waals surface area contributed by atoms with Crippen molar-refractivity contribution in [2.45, 2.75) is 0 Å². The third-order valence-corrected chi connectivity index (χ3v) is 2.66. The molecule has 0 spiro atoms. The molecule has 0 radical (unpaired) electrons. The topological polar surface area (TPSA) is 59.3 Å². The molecule has 1 aromatic heterocycles. The summed E-state index contributed by atoms with van der Waals surface area (Å²) < 4.78 is 14.1. The van der Waals surface area contributed by atoms with Gasteiger partial charge in [0.15, 0.2) is 0 Å². The number of aromatic carboxylic acids is 1. The average molecular weight is 247 g/mol. The Bertz CT molecular complexity index is 659. The lowest BCUT2D eigenvalue weighted by molar-refractivity contribution is 0.0697. The fourth-order valence-corrected chi connectivity index (χ4v) is 1.77. The highest BCUT2D eigenvalue weighted by atomic mass is 19.1. The first-order chi connectivity index (χ1) is 8.50. The quantitative estimate of drug-likeness (QED) is 0.881. The van der Waals surface area contributed by atoms with Crippen molar-refractivity contribution in [1.82, 2.24) is 4.57 Å². The number of carboxylic acid groups (broad SMARTS) is 1. The number of halogens is 1. The van der Waals surface area contributed by atoms with E-state index in [1.165, 1.54) is 48.0 Å². The van der Waals surface area contributed by atoms with Crippen molar-refractivity contribution < 1.29 is 14.3 Å². The van der Waals surface area contributed by atoms with E-state index in [0.29, 0.717) is 5.56 Å². The molecular weight excluding hydrogens is 237 g/mol. The molecule has 0 atom stereocenters. The molecule has 92 valence electrons. The van der Waals surface area contributed by atoms with Crippen LogP contribution in [0, 0.1) is 5.82 Å². The summed E-state index contributed by atoms with van der Waals surface area (Å²) in [6, 6.07) is 7.77. The molecule has 0 unspecified atom stereocenters. The summed E-state index contributed by atoms with van der Waals surface area (Å²) >= 11 is 0. The fraction of sp³-hybridized carbons (Fsp3) is 0.0769. The Morgan fingerprint density at radius 3 is 2.33 bits per heavy atom. The van der Waals surface area contributed by atoms with Crippen LogP contribution in [0.2, 0.25) is 0 Å². The summed E-state index contributed by atoms with van der Waals surface area (Å²) in [5.74, 6) is -1.55. The van der Waals surface area contributed by atoms with E-state index in [0.717, 1.165) is 0 Å². The minimum atomic E-state index is -1.13. The number of carboxylic acids is 1. The summed E-state index contributed by atoms with van der Waals surface area (Å²) in [6.07, 6.45) is 0. The highest BCUT2D eigenvalue weighted by molar-refractivity contribution is 5.94. The number of carbonyl (C=O) groups is 1. The van der Waals surface area contributed by atoms with Crippen molar-refractivity contribution >= 4 is 5.97 Å². The maximum Gasteiger partial charge on any atom is 0.337 e. The van der Waals surface area contributed by atoms with Gasteiger partial charge in [-0.15, -0.1) is 0 Å². The number of hydrogen-bond donors (Lipinski definition) is 1. The summed E-state index contributed by atoms with van der Waals surface area (Å²) in [6.45, 7) is 0. The second kappa shape index (κ2) is 4.44. The highest BCUT2D eigenvalue weighted by Crippen LogP contribution is 2.22. The van der Waals surface area contributed by atoms with Gasteiger partial charge in [0.1, 0.15) is 5.82 Å². The molecule has 18 heavy (non-hydrogen) atoms. The molecule has 5 heteroatoms. The van der Waals surface area contributed by atoms with Gasteiger partial charge >= 0.3 is 5.97 Å². The van der Waals surface area contributed by atoms with Crippen LogP contribution in [0.15, 0.2) is 41.2 Å². The standard InChI is InChI=1S/C13H10FNO3/c1-15-11(16)7-6-10(13(17)18)12(15)8-2-4-9(14)5-3-8/h2-7H,1H3,(H,17,18). The first-order valence-electron chi connectivity index (χ1n) is 5.20. The normalized spacial score (nSPS) is 10.3. The van der Waals surface area contributed by atoms with Crippen molar-refractivity contribution in [3.05, 3.63) is 58.1 Å². The SMILES string of the molecule is Cn1c(-c2ccc(F)cc2)c(C(=O)O)ccc1=O. The Morgan fingerprint density at radius 1 is 1.17 bits per heavy atom. The van der Waals surface area contributed by atoms with Gasteiger partial charge in [-0.2, -0.15) is 0 Å². The molecule has 1 N–H and O–H groups in total. The maximum atomic E-state index is 12.9. The van der Waals surface area contributed by atoms with Crippen LogP contribution in [-0.4, -0.2) is 15.6 Å². The first kappa shape index (κ1) is 12.0. The van der Waals surface area contributed by atoms with Gasteiger partial charge in [-0.25, -0.2) is 9.18 Å². The van der Waals surface area contributed by atoms with Crippen LogP contribution in [-0.2, 0) is 7.05 Å². The van der Waals surface area contributed by atoms with E-state index < -0.39 is 11.8 Å². The molecule has 0 aliphatic carbocycles. The molecule has 0 aliphatic rings. The predicted octanol–water partition coefficient (Wildman–Crippen LogP) is 1.89. The lowest BCUT2D eigenvalue weighted by Gasteiger charge is -2.11. The van der Waals surface area contributed by atoms with Gasteiger partial charge in [0.05, 0.1) is 11.3 Å². The van der Waals surface area contributed by atoms with Crippen molar-refractivity contribution in [1.29, 1.82) is 0 Å². The summed E-state index contributed by atoms with van der Waals surface area (Å²) in [7, 11) is 1.48. The third kappa shape index (κ3) is 2.02. The fourth-order valence-electron chi connectivity index (χ4n) is 1.77. The molecule has 2 rings (SSSR count). The number of rotatable bonds is 2. The zero-order chi connectivity index (χ0) is 13.3. The third-order valence-electron chi connectivity index (χ3n) is 2.66. The molecule has 1 aromatic carbocycles. The molecule has 0 bridgehead atoms. The van der Waals surface area contributed by atoms with E-state index in [9.17, 15) is 14.0 Å². The zero-order valence-electron chi connectivity index (χ0n) is 9.55. The molecule has 1 heterocycles. The van der Waals surface area contributed by atoms with Crippen LogP contribution in [0.3, 0.4) is 0 Å². The minimum absolute atomic E-state index is 0.00343. The largest absolute Gasteiger partial charge is 0.478 e. The monoisotopic (exact) mass is 247 g/mol. The predicted molar refractivity (Wildman–Crippen MR) is 64.0 cm³/mol. The number of pyridine rings is 1. The lowest BCUT2D eigenvalue weighted by Crippen LogP contribution is -2.20. The Labute approximate surface area is 102 Å². The summed E-state index contributed by atoms with van der Waals surface area (Å²) in [5.41, 5.74) is 0.423. The van der Waals surface area contributed by atoms with Crippen LogP contribution in [0.1, 0.15) is 10.4 Å². The zero-order valence-corrected chi connectivity index (χ0v) is 9.55. The van der Waals surface area contributed by atoms with Crippen LogP contribution >= 0.6 is 0 Å². The molecular formula is C13H10FNO3. The molecule has 0 fully saturated rings. The molecule has 0 saturated heterocycles. The smallest absolute Gasteiger partial charge is 0.337 e. The molecule has 0 saturated carbocycles. The second-order valence-corrected chi connectivity index (χ2v) is 3.80. The van der Waals surface area contributed by atoms with Crippen LogP contribution in [0.4, 0.5) is 4.39 Å². The molecule has 2 aromatic rings. The van der Waals surface area contributed by atoms with E-state index in [-0.39, 0.29) is 16.8 Å². The van der Waals surface area contributed by atoms with E-state index in [1.807, 2.05) is 0 Å². The van der Waals surface area contributed by atoms with Gasteiger partial charge in [0.25, 0.3) is 5.56 Å². The second-order valence-electron chi connectivity index (χ2n) is 3.80. The van der Waals surface area contributed by atoms with Gasteiger partial charge in [0.2, 0.25) is 0 Å². The van der Waals surface area contributed by atoms with E-state index in [1.54, 1.807) is 0 Å². The number of aromatic nitrogens is 1. The van der Waals surface area contributed by atoms with Crippen molar-refractivity contribution in [2.24, 2.45) is 7.05 Å². The Hall–Kier alpha value is -2.43. The van der Waals surface area contributed by atoms with E-state index >= 15 is 0 Å². The van der Waals surface area contributed by atoms with Crippen LogP contribution in [0.25, 0.3) is 11.3 Å². The van der Waals surface area contributed by atoms with Crippen LogP contribution < -0.4 is 5.56 Å². The van der Waals surface area contributed by atoms with Gasteiger partial charge in [-0.1, -0.05) is 0 Å². The number of nitrogens with zero attached hydrogens (tertiary/aromatic N) is 1. The number of hydrogen-bond acceptors (Lipinski definition) is 2. The van der Waals surface area contributed by atoms with Gasteiger partial charge in [0, 0.05) is 13.1 Å². The van der Waals surface area contributed by atoms with Gasteiger partial charge in [-0.05, 0) is 35.9 Å². The van der Waals surface area contributed by atoms with Crippen molar-refractivity contribution in [2.75, 3.05) is 0 Å². The summed E-state index contributed by atoms with van der Waals surface area (Å²) in [5, 5.41) is 9.11. The first-order valence-corrected chi connectivity index (χ1v) is 5.20. The Balaban J connectivity index is 2.76. The van der Waals surface area contributed by atoms with Gasteiger partial charge < -0.3 is 9.67 Å². The highest BCUT2D eigenvalue weighted by Gasteiger charge is 2.15. The Kier molecular flexibility index (Phi) is 2.97. The van der Waals surface area contributed by atoms with Gasteiger partial charge in [-0.3, -0.25) is 4.79 Å². The molecule has 0 amide bonds. The van der Waals surface area contributed by atoms with Crippen LogP contribution in [0.5, 0.6) is 0 Å². The Morgan fingerprint density at radius 2 is 1.78 bits per heavy atom. The maximum absolute atomic E-state index is 12.9. The van der Waals surface area contributed by atoms with E-state index in [4.69, 9.17) is 5.11 Å². The average Bonchev–Trinajstić information content (AvgIpc) is 2.33. The molecule has 0 aliphatic heterocycles. The number of benzene rings is 1.